The summed E-state index contributed by atoms with van der Waals surface area (Å²) in [4.78, 5) is 11.8. The summed E-state index contributed by atoms with van der Waals surface area (Å²) in [5, 5.41) is 10.5. The third kappa shape index (κ3) is 1.86. The molecule has 0 spiro atoms. The van der Waals surface area contributed by atoms with Gasteiger partial charge in [-0.2, -0.15) is 0 Å². The highest BCUT2D eigenvalue weighted by molar-refractivity contribution is 5.91. The number of hydrogen-bond acceptors (Lipinski definition) is 2. The number of hydrogen-bond donors (Lipinski definition) is 1. The van der Waals surface area contributed by atoms with Gasteiger partial charge < -0.3 is 5.11 Å². The van der Waals surface area contributed by atoms with Crippen LogP contribution in [0.25, 0.3) is 0 Å². The van der Waals surface area contributed by atoms with Gasteiger partial charge in [0, 0.05) is 11.8 Å². The molecule has 4 aliphatic rings. The van der Waals surface area contributed by atoms with Gasteiger partial charge in [0.15, 0.2) is 5.78 Å². The van der Waals surface area contributed by atoms with Crippen molar-refractivity contribution < 1.29 is 9.90 Å². The lowest BCUT2D eigenvalue weighted by Crippen LogP contribution is -2.47. The SMILES string of the molecule is C=C[C@@H]1CC2=CC(=O)CC[C@@H]2[C@H]2CC[C@@]3(C)C(=CC[C@@H]3O)[C@@H]21. The molecular formula is C20H26O2. The summed E-state index contributed by atoms with van der Waals surface area (Å²) in [7, 11) is 0. The Balaban J connectivity index is 1.75. The molecule has 0 radical (unpaired) electrons. The molecule has 0 aliphatic heterocycles. The topological polar surface area (TPSA) is 37.3 Å². The minimum atomic E-state index is -0.209. The average Bonchev–Trinajstić information content (AvgIpc) is 2.81. The summed E-state index contributed by atoms with van der Waals surface area (Å²) in [6, 6.07) is 0. The lowest BCUT2D eigenvalue weighted by atomic mass is 9.51. The lowest BCUT2D eigenvalue weighted by Gasteiger charge is -2.53. The zero-order valence-electron chi connectivity index (χ0n) is 13.4. The molecule has 2 saturated carbocycles. The van der Waals surface area contributed by atoms with E-state index in [1.54, 1.807) is 0 Å². The second-order valence-electron chi connectivity index (χ2n) is 7.99. The fraction of sp³-hybridized carbons (Fsp3) is 0.650. The summed E-state index contributed by atoms with van der Waals surface area (Å²) < 4.78 is 0. The van der Waals surface area contributed by atoms with Crippen molar-refractivity contribution in [2.75, 3.05) is 0 Å². The first-order chi connectivity index (χ1) is 10.5. The van der Waals surface area contributed by atoms with Gasteiger partial charge in [-0.25, -0.2) is 0 Å². The van der Waals surface area contributed by atoms with Crippen LogP contribution in [0, 0.1) is 29.1 Å². The molecule has 2 nitrogen and oxygen atoms in total. The summed E-state index contributed by atoms with van der Waals surface area (Å²) in [6.45, 7) is 6.34. The molecule has 22 heavy (non-hydrogen) atoms. The van der Waals surface area contributed by atoms with Crippen molar-refractivity contribution in [3.05, 3.63) is 36.0 Å². The Hall–Kier alpha value is -1.15. The summed E-state index contributed by atoms with van der Waals surface area (Å²) in [6.07, 6.45) is 12.0. The number of ketones is 1. The molecule has 0 aromatic rings. The minimum absolute atomic E-state index is 0.0197. The van der Waals surface area contributed by atoms with Gasteiger partial charge in [0.1, 0.15) is 0 Å². The number of aliphatic hydroxyl groups excluding tert-OH is 1. The molecule has 0 amide bonds. The number of carbonyl (C=O) groups is 1. The monoisotopic (exact) mass is 298 g/mol. The standard InChI is InChI=1S/C20H26O2/c1-3-12-10-13-11-14(21)4-5-15(13)16-8-9-20(2)17(19(12)16)6-7-18(20)22/h3,6,11-12,15-16,18-19,22H,1,4-5,7-10H2,2H3/t12-,15+,16-,18+,19-,20+/m1/s1. The predicted molar refractivity (Wildman–Crippen MR) is 87.1 cm³/mol. The Morgan fingerprint density at radius 1 is 1.41 bits per heavy atom. The molecule has 4 aliphatic carbocycles. The van der Waals surface area contributed by atoms with Crippen molar-refractivity contribution >= 4 is 5.78 Å². The first kappa shape index (κ1) is 14.4. The number of rotatable bonds is 1. The van der Waals surface area contributed by atoms with E-state index in [4.69, 9.17) is 0 Å². The van der Waals surface area contributed by atoms with Crippen molar-refractivity contribution in [3.63, 3.8) is 0 Å². The highest BCUT2D eigenvalue weighted by Crippen LogP contribution is 2.61. The Kier molecular flexibility index (Phi) is 3.23. The maximum atomic E-state index is 11.8. The quantitative estimate of drug-likeness (QED) is 0.747. The average molecular weight is 298 g/mol. The minimum Gasteiger partial charge on any atom is -0.392 e. The van der Waals surface area contributed by atoms with E-state index in [1.165, 1.54) is 17.6 Å². The molecule has 1 N–H and O–H groups in total. The van der Waals surface area contributed by atoms with Crippen LogP contribution in [0.4, 0.5) is 0 Å². The van der Waals surface area contributed by atoms with Crippen molar-refractivity contribution in [1.29, 1.82) is 0 Å². The van der Waals surface area contributed by atoms with Crippen molar-refractivity contribution in [2.45, 2.75) is 51.6 Å². The van der Waals surface area contributed by atoms with E-state index in [0.717, 1.165) is 32.1 Å². The van der Waals surface area contributed by atoms with E-state index in [1.807, 2.05) is 6.08 Å². The predicted octanol–water partition coefficient (Wildman–Crippen LogP) is 3.82. The Morgan fingerprint density at radius 3 is 3.00 bits per heavy atom. The largest absolute Gasteiger partial charge is 0.392 e. The van der Waals surface area contributed by atoms with Crippen LogP contribution in [0.2, 0.25) is 0 Å². The number of aliphatic hydroxyl groups is 1. The van der Waals surface area contributed by atoms with Gasteiger partial charge in [-0.05, 0) is 61.9 Å². The Morgan fingerprint density at radius 2 is 2.23 bits per heavy atom. The fourth-order valence-electron chi connectivity index (χ4n) is 5.83. The zero-order chi connectivity index (χ0) is 15.5. The maximum Gasteiger partial charge on any atom is 0.155 e. The van der Waals surface area contributed by atoms with Gasteiger partial charge in [-0.1, -0.05) is 30.2 Å². The molecule has 0 aromatic carbocycles. The van der Waals surface area contributed by atoms with E-state index >= 15 is 0 Å². The summed E-state index contributed by atoms with van der Waals surface area (Å²) in [5.41, 5.74) is 2.86. The molecule has 0 saturated heterocycles. The van der Waals surface area contributed by atoms with Gasteiger partial charge in [-0.15, -0.1) is 6.58 Å². The van der Waals surface area contributed by atoms with E-state index in [0.29, 0.717) is 29.5 Å². The van der Waals surface area contributed by atoms with Gasteiger partial charge in [0.25, 0.3) is 0 Å². The highest BCUT2D eigenvalue weighted by Gasteiger charge is 2.54. The van der Waals surface area contributed by atoms with Crippen LogP contribution < -0.4 is 0 Å². The third-order valence-electron chi connectivity index (χ3n) is 7.05. The molecule has 2 heteroatoms. The van der Waals surface area contributed by atoms with Crippen LogP contribution in [-0.2, 0) is 4.79 Å². The van der Waals surface area contributed by atoms with Crippen LogP contribution in [0.1, 0.15) is 45.4 Å². The van der Waals surface area contributed by atoms with E-state index in [9.17, 15) is 9.90 Å². The smallest absolute Gasteiger partial charge is 0.155 e. The van der Waals surface area contributed by atoms with Crippen LogP contribution in [0.3, 0.4) is 0 Å². The second-order valence-corrected chi connectivity index (χ2v) is 7.99. The molecule has 4 rings (SSSR count). The third-order valence-corrected chi connectivity index (χ3v) is 7.05. The first-order valence-corrected chi connectivity index (χ1v) is 8.79. The maximum absolute atomic E-state index is 11.8. The molecule has 0 unspecified atom stereocenters. The van der Waals surface area contributed by atoms with Crippen molar-refractivity contribution in [2.24, 2.45) is 29.1 Å². The molecule has 118 valence electrons. The molecule has 6 atom stereocenters. The highest BCUT2D eigenvalue weighted by atomic mass is 16.3. The van der Waals surface area contributed by atoms with Crippen LogP contribution in [0.15, 0.2) is 36.0 Å². The van der Waals surface area contributed by atoms with Crippen LogP contribution in [0.5, 0.6) is 0 Å². The normalized spacial score (nSPS) is 47.0. The van der Waals surface area contributed by atoms with E-state index < -0.39 is 0 Å². The van der Waals surface area contributed by atoms with Crippen LogP contribution in [-0.4, -0.2) is 17.0 Å². The first-order valence-electron chi connectivity index (χ1n) is 8.79. The Bertz CT molecular complexity index is 585. The molecular weight excluding hydrogens is 272 g/mol. The Labute approximate surface area is 133 Å². The van der Waals surface area contributed by atoms with Crippen LogP contribution >= 0.6 is 0 Å². The lowest BCUT2D eigenvalue weighted by molar-refractivity contribution is -0.115. The van der Waals surface area contributed by atoms with E-state index in [-0.39, 0.29) is 11.5 Å². The van der Waals surface area contributed by atoms with Gasteiger partial charge in [0.2, 0.25) is 0 Å². The molecule has 0 bridgehead atoms. The zero-order valence-corrected chi connectivity index (χ0v) is 13.4. The van der Waals surface area contributed by atoms with Crippen molar-refractivity contribution in [3.8, 4) is 0 Å². The summed E-state index contributed by atoms with van der Waals surface area (Å²) >= 11 is 0. The molecule has 2 fully saturated rings. The van der Waals surface area contributed by atoms with Crippen molar-refractivity contribution in [1.82, 2.24) is 0 Å². The summed E-state index contributed by atoms with van der Waals surface area (Å²) in [5.74, 6) is 2.49. The van der Waals surface area contributed by atoms with E-state index in [2.05, 4.69) is 25.7 Å². The number of fused-ring (bicyclic) bond motifs is 5. The molecule has 0 heterocycles. The van der Waals surface area contributed by atoms with Gasteiger partial charge >= 0.3 is 0 Å². The second kappa shape index (κ2) is 4.92. The van der Waals surface area contributed by atoms with Gasteiger partial charge in [-0.3, -0.25) is 4.79 Å². The number of allylic oxidation sites excluding steroid dienone is 3. The van der Waals surface area contributed by atoms with Gasteiger partial charge in [0.05, 0.1) is 6.10 Å². The molecule has 0 aromatic heterocycles. The number of carbonyl (C=O) groups excluding carboxylic acids is 1. The fourth-order valence-corrected chi connectivity index (χ4v) is 5.83.